The van der Waals surface area contributed by atoms with Crippen LogP contribution in [0.1, 0.15) is 0 Å². The molecule has 2 aromatic rings. The van der Waals surface area contributed by atoms with E-state index >= 15 is 0 Å². The van der Waals surface area contributed by atoms with Crippen LogP contribution in [0.25, 0.3) is 5.95 Å². The molecule has 0 saturated heterocycles. The van der Waals surface area contributed by atoms with E-state index in [1.807, 2.05) is 0 Å². The predicted octanol–water partition coefficient (Wildman–Crippen LogP) is -0.319. The zero-order chi connectivity index (χ0) is 9.97. The van der Waals surface area contributed by atoms with Gasteiger partial charge in [0.25, 0.3) is 5.95 Å². The van der Waals surface area contributed by atoms with Crippen molar-refractivity contribution < 1.29 is 0 Å². The Labute approximate surface area is 80.0 Å². The number of nitrogens with one attached hydrogen (secondary N) is 1. The van der Waals surface area contributed by atoms with E-state index in [0.717, 1.165) is 0 Å². The predicted molar refractivity (Wildman–Crippen MR) is 50.9 cm³/mol. The van der Waals surface area contributed by atoms with Gasteiger partial charge in [-0.25, -0.2) is 4.68 Å². The van der Waals surface area contributed by atoms with Gasteiger partial charge in [-0.05, 0) is 6.07 Å². The van der Waals surface area contributed by atoms with Gasteiger partial charge in [0.1, 0.15) is 0 Å². The van der Waals surface area contributed by atoms with Crippen molar-refractivity contribution in [3.63, 3.8) is 0 Å². The fourth-order valence-electron chi connectivity index (χ4n) is 0.982. The lowest BCUT2D eigenvalue weighted by Crippen LogP contribution is -2.09. The van der Waals surface area contributed by atoms with Crippen molar-refractivity contribution in [2.75, 3.05) is 18.1 Å². The van der Waals surface area contributed by atoms with E-state index in [1.54, 1.807) is 25.5 Å². The molecule has 14 heavy (non-hydrogen) atoms. The van der Waals surface area contributed by atoms with E-state index < -0.39 is 0 Å². The highest BCUT2D eigenvalue weighted by atomic mass is 15.4. The minimum atomic E-state index is 0.162. The van der Waals surface area contributed by atoms with Crippen LogP contribution in [0.5, 0.6) is 0 Å². The van der Waals surface area contributed by atoms with Crippen molar-refractivity contribution in [3.8, 4) is 5.95 Å². The lowest BCUT2D eigenvalue weighted by molar-refractivity contribution is 0.801. The molecule has 2 aromatic heterocycles. The summed E-state index contributed by atoms with van der Waals surface area (Å²) in [4.78, 5) is 11.9. The molecule has 7 nitrogen and oxygen atoms in total. The smallest absolute Gasteiger partial charge is 0.257 e. The van der Waals surface area contributed by atoms with E-state index in [1.165, 1.54) is 4.68 Å². The third-order valence-electron chi connectivity index (χ3n) is 1.57. The quantitative estimate of drug-likeness (QED) is 0.675. The normalized spacial score (nSPS) is 10.1. The monoisotopic (exact) mass is 191 g/mol. The van der Waals surface area contributed by atoms with Crippen molar-refractivity contribution in [2.24, 2.45) is 0 Å². The number of anilines is 2. The highest BCUT2D eigenvalue weighted by Crippen LogP contribution is 2.04. The molecule has 2 rings (SSSR count). The molecule has 0 unspecified atom stereocenters. The molecule has 0 fully saturated rings. The second kappa shape index (κ2) is 3.29. The van der Waals surface area contributed by atoms with Crippen LogP contribution in [0.4, 0.5) is 11.9 Å². The molecule has 7 heteroatoms. The van der Waals surface area contributed by atoms with Crippen LogP contribution in [0.3, 0.4) is 0 Å². The molecule has 72 valence electrons. The molecule has 0 aromatic carbocycles. The van der Waals surface area contributed by atoms with Crippen LogP contribution >= 0.6 is 0 Å². The van der Waals surface area contributed by atoms with Crippen molar-refractivity contribution in [2.45, 2.75) is 0 Å². The number of nitrogens with zero attached hydrogens (tertiary/aromatic N) is 5. The largest absolute Gasteiger partial charge is 0.368 e. The van der Waals surface area contributed by atoms with Gasteiger partial charge >= 0.3 is 0 Å². The van der Waals surface area contributed by atoms with Crippen molar-refractivity contribution in [1.29, 1.82) is 0 Å². The summed E-state index contributed by atoms with van der Waals surface area (Å²) in [5.74, 6) is 0.977. The second-order valence-corrected chi connectivity index (χ2v) is 2.52. The van der Waals surface area contributed by atoms with E-state index in [2.05, 4.69) is 25.4 Å². The summed E-state index contributed by atoms with van der Waals surface area (Å²) in [6.07, 6.45) is 3.37. The fourth-order valence-corrected chi connectivity index (χ4v) is 0.982. The van der Waals surface area contributed by atoms with E-state index in [4.69, 9.17) is 5.73 Å². The first-order chi connectivity index (χ1) is 6.79. The molecule has 0 saturated carbocycles. The molecule has 0 amide bonds. The summed E-state index contributed by atoms with van der Waals surface area (Å²) in [5.41, 5.74) is 5.50. The van der Waals surface area contributed by atoms with Gasteiger partial charge in [0.15, 0.2) is 0 Å². The zero-order valence-corrected chi connectivity index (χ0v) is 7.55. The topological polar surface area (TPSA) is 94.5 Å². The molecular weight excluding hydrogens is 182 g/mol. The number of aromatic nitrogens is 5. The summed E-state index contributed by atoms with van der Waals surface area (Å²) in [5, 5.41) is 6.77. The Bertz CT molecular complexity index is 422. The highest BCUT2D eigenvalue weighted by Gasteiger charge is 2.04. The molecule has 0 aliphatic carbocycles. The van der Waals surface area contributed by atoms with Crippen LogP contribution in [-0.4, -0.2) is 31.8 Å². The molecule has 0 aliphatic rings. The van der Waals surface area contributed by atoms with Gasteiger partial charge in [0, 0.05) is 19.4 Å². The van der Waals surface area contributed by atoms with E-state index in [9.17, 15) is 0 Å². The molecular formula is C7H9N7. The maximum atomic E-state index is 5.50. The molecule has 0 spiro atoms. The summed E-state index contributed by atoms with van der Waals surface area (Å²) in [6, 6.07) is 1.78. The number of nitrogens with two attached hydrogens (primary N) is 1. The van der Waals surface area contributed by atoms with Crippen molar-refractivity contribution in [3.05, 3.63) is 18.5 Å². The number of hydrogen-bond acceptors (Lipinski definition) is 6. The Hall–Kier alpha value is -2.18. The molecule has 0 aliphatic heterocycles. The summed E-state index contributed by atoms with van der Waals surface area (Å²) >= 11 is 0. The highest BCUT2D eigenvalue weighted by molar-refractivity contribution is 5.33. The first kappa shape index (κ1) is 8.42. The van der Waals surface area contributed by atoms with Crippen LogP contribution in [-0.2, 0) is 0 Å². The van der Waals surface area contributed by atoms with Gasteiger partial charge in [-0.1, -0.05) is 0 Å². The van der Waals surface area contributed by atoms with Gasteiger partial charge in [0.2, 0.25) is 11.9 Å². The Kier molecular flexibility index (Phi) is 1.98. The van der Waals surface area contributed by atoms with Crippen LogP contribution in [0.15, 0.2) is 18.5 Å². The summed E-state index contributed by atoms with van der Waals surface area (Å²) < 4.78 is 1.51. The lowest BCUT2D eigenvalue weighted by atomic mass is 10.7. The Morgan fingerprint density at radius 3 is 2.86 bits per heavy atom. The standard InChI is InChI=1S/C7H9N7/c1-9-6-11-5(8)12-7(13-6)14-4-2-3-10-14/h2-4H,1H3,(H3,8,9,11,12,13). The van der Waals surface area contributed by atoms with Crippen LogP contribution < -0.4 is 11.1 Å². The summed E-state index contributed by atoms with van der Waals surface area (Å²) in [7, 11) is 1.71. The first-order valence-corrected chi connectivity index (χ1v) is 3.99. The fraction of sp³-hybridized carbons (Fsp3) is 0.143. The van der Waals surface area contributed by atoms with Gasteiger partial charge in [-0.3, -0.25) is 0 Å². The SMILES string of the molecule is CNc1nc(N)nc(-n2cccn2)n1. The van der Waals surface area contributed by atoms with Gasteiger partial charge in [-0.2, -0.15) is 20.1 Å². The second-order valence-electron chi connectivity index (χ2n) is 2.52. The Balaban J connectivity index is 2.48. The average Bonchev–Trinajstić information content (AvgIpc) is 2.69. The summed E-state index contributed by atoms with van der Waals surface area (Å²) in [6.45, 7) is 0. The van der Waals surface area contributed by atoms with E-state index in [0.29, 0.717) is 11.9 Å². The Morgan fingerprint density at radius 1 is 1.36 bits per heavy atom. The van der Waals surface area contributed by atoms with Crippen molar-refractivity contribution in [1.82, 2.24) is 24.7 Å². The van der Waals surface area contributed by atoms with E-state index in [-0.39, 0.29) is 5.95 Å². The number of hydrogen-bond donors (Lipinski definition) is 2. The minimum Gasteiger partial charge on any atom is -0.368 e. The number of rotatable bonds is 2. The van der Waals surface area contributed by atoms with Crippen LogP contribution in [0.2, 0.25) is 0 Å². The molecule has 2 heterocycles. The molecule has 0 atom stereocenters. The minimum absolute atomic E-state index is 0.162. The Morgan fingerprint density at radius 2 is 2.21 bits per heavy atom. The maximum Gasteiger partial charge on any atom is 0.257 e. The lowest BCUT2D eigenvalue weighted by Gasteiger charge is -2.02. The molecule has 3 N–H and O–H groups in total. The number of nitrogen functional groups attached to an aromatic ring is 1. The van der Waals surface area contributed by atoms with Gasteiger partial charge < -0.3 is 11.1 Å². The maximum absolute atomic E-state index is 5.50. The zero-order valence-electron chi connectivity index (χ0n) is 7.55. The molecule has 0 radical (unpaired) electrons. The average molecular weight is 191 g/mol. The molecule has 0 bridgehead atoms. The third-order valence-corrected chi connectivity index (χ3v) is 1.57. The first-order valence-electron chi connectivity index (χ1n) is 3.99. The van der Waals surface area contributed by atoms with Gasteiger partial charge in [0.05, 0.1) is 0 Å². The van der Waals surface area contributed by atoms with Gasteiger partial charge in [-0.15, -0.1) is 0 Å². The van der Waals surface area contributed by atoms with Crippen molar-refractivity contribution >= 4 is 11.9 Å². The third kappa shape index (κ3) is 1.47. The van der Waals surface area contributed by atoms with Crippen LogP contribution in [0, 0.1) is 0 Å².